The van der Waals surface area contributed by atoms with E-state index >= 15 is 0 Å². The molecule has 11 heteroatoms. The first kappa shape index (κ1) is 19.3. The minimum absolute atomic E-state index is 0.139. The number of rotatable bonds is 7. The molecule has 0 aliphatic heterocycles. The van der Waals surface area contributed by atoms with Gasteiger partial charge in [-0.05, 0) is 31.2 Å². The zero-order chi connectivity index (χ0) is 19.2. The van der Waals surface area contributed by atoms with E-state index in [4.69, 9.17) is 16.3 Å². The lowest BCUT2D eigenvalue weighted by Gasteiger charge is -2.01. The van der Waals surface area contributed by atoms with Crippen LogP contribution in [0.5, 0.6) is 0 Å². The van der Waals surface area contributed by atoms with Crippen molar-refractivity contribution < 1.29 is 14.3 Å². The molecule has 27 heavy (non-hydrogen) atoms. The molecular formula is C16H14ClN5O3S2. The van der Waals surface area contributed by atoms with Crippen molar-refractivity contribution in [2.24, 2.45) is 0 Å². The molecule has 2 aromatic heterocycles. The van der Waals surface area contributed by atoms with Gasteiger partial charge < -0.3 is 4.74 Å². The standard InChI is InChI=1S/C16H14ClN5O3S2/c1-2-25-13(23)9-26-16-20-19-15(27-16)18-14(24)12-6-7-22(21-12)11-5-3-4-10(17)8-11/h3-8H,2,9H2,1H3,(H,18,19,24). The second-order valence-electron chi connectivity index (χ2n) is 5.05. The van der Waals surface area contributed by atoms with Crippen LogP contribution in [0.2, 0.25) is 5.02 Å². The maximum atomic E-state index is 12.3. The van der Waals surface area contributed by atoms with E-state index in [0.717, 1.165) is 5.69 Å². The monoisotopic (exact) mass is 423 g/mol. The topological polar surface area (TPSA) is 99.0 Å². The number of carbonyl (C=O) groups excluding carboxylic acids is 2. The number of nitrogens with one attached hydrogen (secondary N) is 1. The summed E-state index contributed by atoms with van der Waals surface area (Å²) < 4.78 is 6.96. The van der Waals surface area contributed by atoms with Gasteiger partial charge in [-0.3, -0.25) is 14.9 Å². The first-order valence-corrected chi connectivity index (χ1v) is 9.98. The molecule has 3 rings (SSSR count). The lowest BCUT2D eigenvalue weighted by Crippen LogP contribution is -2.13. The smallest absolute Gasteiger partial charge is 0.316 e. The predicted molar refractivity (Wildman–Crippen MR) is 104 cm³/mol. The Morgan fingerprint density at radius 1 is 1.33 bits per heavy atom. The van der Waals surface area contributed by atoms with E-state index in [-0.39, 0.29) is 17.4 Å². The van der Waals surface area contributed by atoms with Crippen molar-refractivity contribution in [2.45, 2.75) is 11.3 Å². The van der Waals surface area contributed by atoms with Crippen molar-refractivity contribution in [3.63, 3.8) is 0 Å². The Morgan fingerprint density at radius 2 is 2.19 bits per heavy atom. The number of aromatic nitrogens is 4. The number of halogens is 1. The number of hydrogen-bond donors (Lipinski definition) is 1. The summed E-state index contributed by atoms with van der Waals surface area (Å²) in [6, 6.07) is 8.73. The minimum Gasteiger partial charge on any atom is -0.465 e. The quantitative estimate of drug-likeness (QED) is 0.353. The third kappa shape index (κ3) is 5.28. The molecule has 0 atom stereocenters. The van der Waals surface area contributed by atoms with E-state index in [0.29, 0.717) is 21.1 Å². The Morgan fingerprint density at radius 3 is 2.96 bits per heavy atom. The molecule has 0 saturated heterocycles. The first-order chi connectivity index (χ1) is 13.0. The molecule has 0 radical (unpaired) electrons. The Labute approximate surface area is 167 Å². The normalized spacial score (nSPS) is 10.6. The molecule has 0 spiro atoms. The zero-order valence-electron chi connectivity index (χ0n) is 14.1. The zero-order valence-corrected chi connectivity index (χ0v) is 16.5. The fourth-order valence-corrected chi connectivity index (χ4v) is 3.74. The molecule has 0 unspecified atom stereocenters. The van der Waals surface area contributed by atoms with Crippen molar-refractivity contribution >= 4 is 51.7 Å². The Balaban J connectivity index is 1.60. The molecule has 2 heterocycles. The van der Waals surface area contributed by atoms with Crippen LogP contribution in [0.15, 0.2) is 40.9 Å². The summed E-state index contributed by atoms with van der Waals surface area (Å²) in [5, 5.41) is 15.6. The largest absolute Gasteiger partial charge is 0.465 e. The molecule has 0 bridgehead atoms. The lowest BCUT2D eigenvalue weighted by molar-refractivity contribution is -0.139. The second-order valence-corrected chi connectivity index (χ2v) is 7.68. The van der Waals surface area contributed by atoms with E-state index in [1.807, 2.05) is 6.07 Å². The molecule has 0 fully saturated rings. The van der Waals surface area contributed by atoms with Crippen LogP contribution in [0.1, 0.15) is 17.4 Å². The number of carbonyl (C=O) groups is 2. The highest BCUT2D eigenvalue weighted by molar-refractivity contribution is 8.01. The van der Waals surface area contributed by atoms with Crippen LogP contribution in [-0.2, 0) is 9.53 Å². The molecule has 140 valence electrons. The van der Waals surface area contributed by atoms with Gasteiger partial charge in [0.15, 0.2) is 10.0 Å². The number of amides is 1. The van der Waals surface area contributed by atoms with Gasteiger partial charge >= 0.3 is 5.97 Å². The molecule has 3 aromatic rings. The van der Waals surface area contributed by atoms with E-state index in [9.17, 15) is 9.59 Å². The maximum absolute atomic E-state index is 12.3. The SMILES string of the molecule is CCOC(=O)CSc1nnc(NC(=O)c2ccn(-c3cccc(Cl)c3)n2)s1. The van der Waals surface area contributed by atoms with Crippen LogP contribution >= 0.6 is 34.7 Å². The Kier molecular flexibility index (Phi) is 6.43. The van der Waals surface area contributed by atoms with Crippen molar-refractivity contribution in [1.29, 1.82) is 0 Å². The number of anilines is 1. The van der Waals surface area contributed by atoms with Crippen LogP contribution in [0.3, 0.4) is 0 Å². The number of esters is 1. The molecule has 1 amide bonds. The summed E-state index contributed by atoms with van der Waals surface area (Å²) in [4.78, 5) is 23.7. The highest BCUT2D eigenvalue weighted by Gasteiger charge is 2.14. The third-order valence-corrected chi connectivity index (χ3v) is 5.32. The number of hydrogen-bond acceptors (Lipinski definition) is 8. The maximum Gasteiger partial charge on any atom is 0.316 e. The average molecular weight is 424 g/mol. The average Bonchev–Trinajstić information content (AvgIpc) is 3.30. The fourth-order valence-electron chi connectivity index (χ4n) is 2.01. The third-order valence-electron chi connectivity index (χ3n) is 3.14. The van der Waals surface area contributed by atoms with Gasteiger partial charge in [-0.1, -0.05) is 40.8 Å². The first-order valence-electron chi connectivity index (χ1n) is 7.80. The van der Waals surface area contributed by atoms with Crippen LogP contribution in [-0.4, -0.2) is 44.2 Å². The van der Waals surface area contributed by atoms with Gasteiger partial charge in [-0.2, -0.15) is 5.10 Å². The van der Waals surface area contributed by atoms with E-state index in [2.05, 4.69) is 20.6 Å². The van der Waals surface area contributed by atoms with Crippen LogP contribution in [0.25, 0.3) is 5.69 Å². The van der Waals surface area contributed by atoms with Gasteiger partial charge in [0, 0.05) is 11.2 Å². The highest BCUT2D eigenvalue weighted by atomic mass is 35.5. The van der Waals surface area contributed by atoms with Crippen LogP contribution < -0.4 is 5.32 Å². The van der Waals surface area contributed by atoms with Crippen molar-refractivity contribution in [3.8, 4) is 5.69 Å². The molecular weight excluding hydrogens is 410 g/mol. The summed E-state index contributed by atoms with van der Waals surface area (Å²) in [7, 11) is 0. The summed E-state index contributed by atoms with van der Waals surface area (Å²) in [5.74, 6) is -0.593. The molecule has 1 aromatic carbocycles. The lowest BCUT2D eigenvalue weighted by atomic mass is 10.3. The van der Waals surface area contributed by atoms with Gasteiger partial charge in [0.1, 0.15) is 0 Å². The molecule has 0 aliphatic rings. The van der Waals surface area contributed by atoms with Gasteiger partial charge in [-0.15, -0.1) is 10.2 Å². The fraction of sp³-hybridized carbons (Fsp3) is 0.188. The predicted octanol–water partition coefficient (Wildman–Crippen LogP) is 3.28. The number of thioether (sulfide) groups is 1. The number of ether oxygens (including phenoxy) is 1. The number of nitrogens with zero attached hydrogens (tertiary/aromatic N) is 4. The van der Waals surface area contributed by atoms with Gasteiger partial charge in [-0.25, -0.2) is 4.68 Å². The van der Waals surface area contributed by atoms with Crippen molar-refractivity contribution in [2.75, 3.05) is 17.7 Å². The summed E-state index contributed by atoms with van der Waals surface area (Å²) in [5.41, 5.74) is 0.973. The minimum atomic E-state index is -0.408. The van der Waals surface area contributed by atoms with E-state index < -0.39 is 5.91 Å². The van der Waals surface area contributed by atoms with Gasteiger partial charge in [0.2, 0.25) is 5.13 Å². The Hall–Kier alpha value is -2.43. The van der Waals surface area contributed by atoms with Crippen molar-refractivity contribution in [1.82, 2.24) is 20.0 Å². The second kappa shape index (κ2) is 8.98. The summed E-state index contributed by atoms with van der Waals surface area (Å²) >= 11 is 8.34. The van der Waals surface area contributed by atoms with Crippen LogP contribution in [0.4, 0.5) is 5.13 Å². The van der Waals surface area contributed by atoms with Crippen molar-refractivity contribution in [3.05, 3.63) is 47.2 Å². The number of benzene rings is 1. The molecule has 0 saturated carbocycles. The Bertz CT molecular complexity index is 959. The van der Waals surface area contributed by atoms with E-state index in [1.54, 1.807) is 42.1 Å². The van der Waals surface area contributed by atoms with Gasteiger partial charge in [0.05, 0.1) is 18.0 Å². The summed E-state index contributed by atoms with van der Waals surface area (Å²) in [6.07, 6.45) is 1.67. The van der Waals surface area contributed by atoms with E-state index in [1.165, 1.54) is 23.1 Å². The molecule has 8 nitrogen and oxygen atoms in total. The van der Waals surface area contributed by atoms with Crippen LogP contribution in [0, 0.1) is 0 Å². The highest BCUT2D eigenvalue weighted by Crippen LogP contribution is 2.25. The summed E-state index contributed by atoms with van der Waals surface area (Å²) in [6.45, 7) is 2.08. The van der Waals surface area contributed by atoms with Gasteiger partial charge in [0.25, 0.3) is 5.91 Å². The molecule has 1 N–H and O–H groups in total. The molecule has 0 aliphatic carbocycles.